The number of rotatable bonds is 3. The van der Waals surface area contributed by atoms with Gasteiger partial charge in [0.2, 0.25) is 0 Å². The third-order valence-corrected chi connectivity index (χ3v) is 4.72. The van der Waals surface area contributed by atoms with Crippen LogP contribution in [0.4, 0.5) is 5.82 Å². The summed E-state index contributed by atoms with van der Waals surface area (Å²) in [7, 11) is -1.38. The van der Waals surface area contributed by atoms with Crippen LogP contribution in [0.2, 0.25) is 0 Å². The maximum atomic E-state index is 11.4. The number of aromatic carboxylic acids is 1. The van der Waals surface area contributed by atoms with E-state index in [4.69, 9.17) is 5.11 Å². The van der Waals surface area contributed by atoms with Crippen LogP contribution in [0, 0.1) is 0 Å². The summed E-state index contributed by atoms with van der Waals surface area (Å²) in [6, 6.07) is -0.246. The Bertz CT molecular complexity index is 572. The number of aromatic nitrogens is 2. The van der Waals surface area contributed by atoms with E-state index in [1.54, 1.807) is 11.9 Å². The molecule has 0 aromatic carbocycles. The van der Waals surface area contributed by atoms with Gasteiger partial charge in [-0.05, 0) is 6.42 Å². The molecular formula is C10H13N3O4S. The van der Waals surface area contributed by atoms with Gasteiger partial charge in [-0.25, -0.2) is 23.2 Å². The van der Waals surface area contributed by atoms with Gasteiger partial charge in [-0.15, -0.1) is 0 Å². The van der Waals surface area contributed by atoms with Crippen LogP contribution in [0.15, 0.2) is 12.4 Å². The summed E-state index contributed by atoms with van der Waals surface area (Å²) in [6.45, 7) is 0. The quantitative estimate of drug-likeness (QED) is 0.812. The molecule has 1 aliphatic heterocycles. The molecule has 0 amide bonds. The van der Waals surface area contributed by atoms with Gasteiger partial charge < -0.3 is 10.0 Å². The van der Waals surface area contributed by atoms with Gasteiger partial charge in [0.25, 0.3) is 0 Å². The Hall–Kier alpha value is -1.70. The first-order valence-electron chi connectivity index (χ1n) is 5.38. The summed E-state index contributed by atoms with van der Waals surface area (Å²) in [6.07, 6.45) is 3.17. The minimum absolute atomic E-state index is 0.0269. The van der Waals surface area contributed by atoms with Crippen molar-refractivity contribution in [3.8, 4) is 0 Å². The molecule has 18 heavy (non-hydrogen) atoms. The van der Waals surface area contributed by atoms with Crippen molar-refractivity contribution in [2.75, 3.05) is 23.5 Å². The molecule has 1 aliphatic rings. The van der Waals surface area contributed by atoms with E-state index in [-0.39, 0.29) is 29.1 Å². The van der Waals surface area contributed by atoms with Crippen molar-refractivity contribution in [3.63, 3.8) is 0 Å². The molecule has 0 aliphatic carbocycles. The molecule has 1 saturated heterocycles. The van der Waals surface area contributed by atoms with E-state index in [1.165, 1.54) is 12.4 Å². The third-order valence-electron chi connectivity index (χ3n) is 2.97. The second-order valence-electron chi connectivity index (χ2n) is 4.20. The Morgan fingerprint density at radius 1 is 1.44 bits per heavy atom. The summed E-state index contributed by atoms with van der Waals surface area (Å²) in [5.41, 5.74) is -0.163. The van der Waals surface area contributed by atoms with Crippen LogP contribution in [0.5, 0.6) is 0 Å². The first-order chi connectivity index (χ1) is 8.41. The minimum Gasteiger partial charge on any atom is -0.476 e. The highest BCUT2D eigenvalue weighted by atomic mass is 32.2. The van der Waals surface area contributed by atoms with E-state index >= 15 is 0 Å². The lowest BCUT2D eigenvalue weighted by atomic mass is 10.2. The maximum absolute atomic E-state index is 11.4. The van der Waals surface area contributed by atoms with Gasteiger partial charge in [-0.2, -0.15) is 0 Å². The molecular weight excluding hydrogens is 258 g/mol. The minimum atomic E-state index is -3.02. The van der Waals surface area contributed by atoms with Crippen LogP contribution in [0.25, 0.3) is 0 Å². The molecule has 0 bridgehead atoms. The van der Waals surface area contributed by atoms with E-state index in [9.17, 15) is 13.2 Å². The fourth-order valence-electron chi connectivity index (χ4n) is 1.99. The average Bonchev–Trinajstić information content (AvgIpc) is 2.68. The van der Waals surface area contributed by atoms with Crippen molar-refractivity contribution < 1.29 is 18.3 Å². The Balaban J connectivity index is 2.30. The molecule has 1 aromatic rings. The predicted octanol–water partition coefficient (Wildman–Crippen LogP) is -0.202. The zero-order valence-electron chi connectivity index (χ0n) is 9.78. The monoisotopic (exact) mass is 271 g/mol. The first kappa shape index (κ1) is 12.7. The van der Waals surface area contributed by atoms with Crippen molar-refractivity contribution in [2.45, 2.75) is 12.5 Å². The van der Waals surface area contributed by atoms with Crippen LogP contribution in [-0.4, -0.2) is 54.1 Å². The number of carboxylic acid groups (broad SMARTS) is 1. The fourth-order valence-corrected chi connectivity index (χ4v) is 3.77. The van der Waals surface area contributed by atoms with Gasteiger partial charge in [0.1, 0.15) is 0 Å². The van der Waals surface area contributed by atoms with Gasteiger partial charge in [0.15, 0.2) is 21.3 Å². The smallest absolute Gasteiger partial charge is 0.358 e. The number of hydrogen-bond acceptors (Lipinski definition) is 6. The Labute approximate surface area is 104 Å². The summed E-state index contributed by atoms with van der Waals surface area (Å²) >= 11 is 0. The Morgan fingerprint density at radius 3 is 2.67 bits per heavy atom. The Morgan fingerprint density at radius 2 is 2.11 bits per heavy atom. The topological polar surface area (TPSA) is 100 Å². The van der Waals surface area contributed by atoms with Crippen LogP contribution < -0.4 is 4.90 Å². The highest BCUT2D eigenvalue weighted by Gasteiger charge is 2.32. The van der Waals surface area contributed by atoms with Gasteiger partial charge in [0, 0.05) is 25.5 Å². The maximum Gasteiger partial charge on any atom is 0.358 e. The largest absolute Gasteiger partial charge is 0.476 e. The van der Waals surface area contributed by atoms with Crippen molar-refractivity contribution in [1.29, 1.82) is 0 Å². The normalized spacial score (nSPS) is 21.7. The van der Waals surface area contributed by atoms with Crippen LogP contribution in [0.1, 0.15) is 16.9 Å². The van der Waals surface area contributed by atoms with Gasteiger partial charge >= 0.3 is 5.97 Å². The molecule has 1 aromatic heterocycles. The zero-order valence-corrected chi connectivity index (χ0v) is 10.6. The molecule has 1 fully saturated rings. The summed E-state index contributed by atoms with van der Waals surface area (Å²) < 4.78 is 22.8. The second kappa shape index (κ2) is 4.52. The SMILES string of the molecule is CN(c1nccnc1C(=O)O)C1CCS(=O)(=O)C1. The summed E-state index contributed by atoms with van der Waals surface area (Å²) in [4.78, 5) is 20.3. The highest BCUT2D eigenvalue weighted by molar-refractivity contribution is 7.91. The van der Waals surface area contributed by atoms with E-state index in [1.807, 2.05) is 0 Å². The molecule has 7 nitrogen and oxygen atoms in total. The van der Waals surface area contributed by atoms with Crippen LogP contribution in [-0.2, 0) is 9.84 Å². The number of hydrogen-bond donors (Lipinski definition) is 1. The highest BCUT2D eigenvalue weighted by Crippen LogP contribution is 2.22. The second-order valence-corrected chi connectivity index (χ2v) is 6.43. The number of anilines is 1. The molecule has 0 spiro atoms. The van der Waals surface area contributed by atoms with Crippen molar-refractivity contribution in [3.05, 3.63) is 18.1 Å². The molecule has 1 unspecified atom stereocenters. The summed E-state index contributed by atoms with van der Waals surface area (Å²) in [5.74, 6) is -0.818. The third kappa shape index (κ3) is 2.42. The molecule has 2 rings (SSSR count). The van der Waals surface area contributed by atoms with Crippen LogP contribution in [0.3, 0.4) is 0 Å². The van der Waals surface area contributed by atoms with Crippen molar-refractivity contribution in [1.82, 2.24) is 9.97 Å². The molecule has 8 heteroatoms. The van der Waals surface area contributed by atoms with E-state index in [0.29, 0.717) is 6.42 Å². The van der Waals surface area contributed by atoms with Crippen molar-refractivity contribution >= 4 is 21.6 Å². The predicted molar refractivity (Wildman–Crippen MR) is 64.5 cm³/mol. The van der Waals surface area contributed by atoms with E-state index in [0.717, 1.165) is 0 Å². The number of sulfone groups is 1. The standard InChI is InChI=1S/C10H13N3O4S/c1-13(7-2-5-18(16,17)6-7)9-8(10(14)15)11-3-4-12-9/h3-4,7H,2,5-6H2,1H3,(H,14,15). The zero-order chi connectivity index (χ0) is 13.3. The molecule has 0 radical (unpaired) electrons. The van der Waals surface area contributed by atoms with Gasteiger partial charge in [0.05, 0.1) is 11.5 Å². The lowest BCUT2D eigenvalue weighted by Crippen LogP contribution is -2.34. The number of carbonyl (C=O) groups is 1. The molecule has 98 valence electrons. The van der Waals surface area contributed by atoms with Crippen molar-refractivity contribution in [2.24, 2.45) is 0 Å². The lowest BCUT2D eigenvalue weighted by molar-refractivity contribution is 0.0690. The lowest BCUT2D eigenvalue weighted by Gasteiger charge is -2.24. The summed E-state index contributed by atoms with van der Waals surface area (Å²) in [5, 5.41) is 9.01. The van der Waals surface area contributed by atoms with Gasteiger partial charge in [-0.1, -0.05) is 0 Å². The molecule has 2 heterocycles. The first-order valence-corrected chi connectivity index (χ1v) is 7.20. The molecule has 0 saturated carbocycles. The number of carboxylic acids is 1. The molecule has 1 N–H and O–H groups in total. The average molecular weight is 271 g/mol. The van der Waals surface area contributed by atoms with E-state index in [2.05, 4.69) is 9.97 Å². The Kier molecular flexibility index (Phi) is 3.20. The van der Waals surface area contributed by atoms with Crippen LogP contribution >= 0.6 is 0 Å². The van der Waals surface area contributed by atoms with E-state index < -0.39 is 15.8 Å². The van der Waals surface area contributed by atoms with Gasteiger partial charge in [-0.3, -0.25) is 0 Å². The fraction of sp³-hybridized carbons (Fsp3) is 0.500. The number of nitrogens with zero attached hydrogens (tertiary/aromatic N) is 3. The molecule has 1 atom stereocenters.